The molecule has 2 atom stereocenters. The van der Waals surface area contributed by atoms with Crippen molar-refractivity contribution in [2.45, 2.75) is 43.8 Å². The van der Waals surface area contributed by atoms with Gasteiger partial charge in [-0.1, -0.05) is 11.6 Å². The van der Waals surface area contributed by atoms with E-state index < -0.39 is 0 Å². The molecule has 9 heteroatoms. The third kappa shape index (κ3) is 3.38. The first-order valence-corrected chi connectivity index (χ1v) is 8.16. The molecule has 2 fully saturated rings. The molecule has 2 aromatic rings. The van der Waals surface area contributed by atoms with E-state index in [1.165, 1.54) is 23.9 Å². The smallest absolute Gasteiger partial charge is 0.253 e. The van der Waals surface area contributed by atoms with Crippen molar-refractivity contribution < 1.29 is 4.79 Å². The lowest BCUT2D eigenvalue weighted by molar-refractivity contribution is 0.0924. The summed E-state index contributed by atoms with van der Waals surface area (Å²) in [4.78, 5) is 12.7. The van der Waals surface area contributed by atoms with Gasteiger partial charge in [-0.15, -0.1) is 17.5 Å². The summed E-state index contributed by atoms with van der Waals surface area (Å²) in [5.74, 6) is -0.135. The molecule has 2 saturated heterocycles. The number of carbonyl (C=O) groups excluding carboxylic acids is 1. The Labute approximate surface area is 150 Å². The molecule has 24 heavy (non-hydrogen) atoms. The highest BCUT2D eigenvalue weighted by atomic mass is 35.5. The van der Waals surface area contributed by atoms with Gasteiger partial charge in [0, 0.05) is 23.1 Å². The Morgan fingerprint density at radius 3 is 2.71 bits per heavy atom. The van der Waals surface area contributed by atoms with Crippen LogP contribution in [0.5, 0.6) is 0 Å². The van der Waals surface area contributed by atoms with Crippen LogP contribution in [0.1, 0.15) is 36.0 Å². The summed E-state index contributed by atoms with van der Waals surface area (Å²) >= 11 is 6.07. The summed E-state index contributed by atoms with van der Waals surface area (Å²) in [5, 5.41) is 18.3. The minimum Gasteiger partial charge on any atom is -0.349 e. The van der Waals surface area contributed by atoms with Crippen molar-refractivity contribution in [2.75, 3.05) is 0 Å². The summed E-state index contributed by atoms with van der Waals surface area (Å²) in [6, 6.07) is 6.38. The van der Waals surface area contributed by atoms with Crippen LogP contribution >= 0.6 is 24.0 Å². The number of amides is 1. The zero-order valence-corrected chi connectivity index (χ0v) is 14.4. The second-order valence-electron chi connectivity index (χ2n) is 6.20. The molecule has 2 unspecified atom stereocenters. The van der Waals surface area contributed by atoms with Gasteiger partial charge in [-0.2, -0.15) is 4.68 Å². The Kier molecular flexibility index (Phi) is 5.03. The third-order valence-corrected chi connectivity index (χ3v) is 4.84. The van der Waals surface area contributed by atoms with Crippen LogP contribution in [0.2, 0.25) is 5.02 Å². The maximum absolute atomic E-state index is 12.7. The minimum absolute atomic E-state index is 0. The van der Waals surface area contributed by atoms with E-state index in [-0.39, 0.29) is 24.4 Å². The fraction of sp³-hybridized carbons (Fsp3) is 0.467. The standard InChI is InChI=1S/C15H17ClN6O.ClH/c16-9-1-4-14(22-8-17-20-21-22)13(5-9)15(23)19-12-6-10-2-3-11(7-12)18-10;/h1,4-5,8,10-12,18H,2-3,6-7H2,(H,19,23);1H. The maximum atomic E-state index is 12.7. The van der Waals surface area contributed by atoms with Crippen molar-refractivity contribution in [1.82, 2.24) is 30.8 Å². The van der Waals surface area contributed by atoms with E-state index in [1.54, 1.807) is 18.2 Å². The largest absolute Gasteiger partial charge is 0.349 e. The lowest BCUT2D eigenvalue weighted by Crippen LogP contribution is -2.48. The highest BCUT2D eigenvalue weighted by Crippen LogP contribution is 2.27. The molecule has 0 aliphatic carbocycles. The molecule has 1 amide bonds. The van der Waals surface area contributed by atoms with Crippen LogP contribution in [0, 0.1) is 0 Å². The van der Waals surface area contributed by atoms with E-state index in [1.807, 2.05) is 0 Å². The predicted octanol–water partition coefficient (Wildman–Crippen LogP) is 1.75. The molecule has 1 aromatic carbocycles. The molecule has 0 radical (unpaired) electrons. The number of hydrogen-bond donors (Lipinski definition) is 2. The number of aromatic nitrogens is 4. The summed E-state index contributed by atoms with van der Waals surface area (Å²) in [6.07, 6.45) is 5.81. The van der Waals surface area contributed by atoms with Crippen molar-refractivity contribution in [2.24, 2.45) is 0 Å². The number of fused-ring (bicyclic) bond motifs is 2. The Bertz CT molecular complexity index is 711. The molecular weight excluding hydrogens is 351 g/mol. The van der Waals surface area contributed by atoms with Crippen molar-refractivity contribution in [3.63, 3.8) is 0 Å². The molecular formula is C15H18Cl2N6O. The van der Waals surface area contributed by atoms with Crippen molar-refractivity contribution >= 4 is 29.9 Å². The average Bonchev–Trinajstić information content (AvgIpc) is 3.17. The van der Waals surface area contributed by atoms with E-state index in [2.05, 4.69) is 26.2 Å². The summed E-state index contributed by atoms with van der Waals surface area (Å²) < 4.78 is 1.47. The fourth-order valence-corrected chi connectivity index (χ4v) is 3.77. The van der Waals surface area contributed by atoms with Gasteiger partial charge in [0.2, 0.25) is 0 Å². The highest BCUT2D eigenvalue weighted by molar-refractivity contribution is 6.31. The van der Waals surface area contributed by atoms with Gasteiger partial charge in [0.1, 0.15) is 6.33 Å². The van der Waals surface area contributed by atoms with E-state index >= 15 is 0 Å². The quantitative estimate of drug-likeness (QED) is 0.861. The molecule has 7 nitrogen and oxygen atoms in total. The molecule has 0 spiro atoms. The third-order valence-electron chi connectivity index (χ3n) is 4.61. The molecule has 3 heterocycles. The van der Waals surface area contributed by atoms with Crippen LogP contribution in [-0.4, -0.2) is 44.2 Å². The number of carbonyl (C=O) groups is 1. The van der Waals surface area contributed by atoms with Gasteiger partial charge in [-0.25, -0.2) is 0 Å². The number of halogens is 2. The summed E-state index contributed by atoms with van der Waals surface area (Å²) in [7, 11) is 0. The second-order valence-corrected chi connectivity index (χ2v) is 6.63. The first-order chi connectivity index (χ1) is 11.2. The molecule has 2 aliphatic rings. The summed E-state index contributed by atoms with van der Waals surface area (Å²) in [6.45, 7) is 0. The second kappa shape index (κ2) is 7.04. The van der Waals surface area contributed by atoms with Crippen molar-refractivity contribution in [1.29, 1.82) is 0 Å². The van der Waals surface area contributed by atoms with Gasteiger partial charge >= 0.3 is 0 Å². The summed E-state index contributed by atoms with van der Waals surface area (Å²) in [5.41, 5.74) is 1.10. The first kappa shape index (κ1) is 17.1. The minimum atomic E-state index is -0.135. The molecule has 2 aliphatic heterocycles. The normalized spacial score (nSPS) is 25.1. The topological polar surface area (TPSA) is 84.7 Å². The zero-order valence-electron chi connectivity index (χ0n) is 12.9. The molecule has 2 N–H and O–H groups in total. The Balaban J connectivity index is 0.00000169. The Morgan fingerprint density at radius 1 is 1.29 bits per heavy atom. The van der Waals surface area contributed by atoms with E-state index in [4.69, 9.17) is 11.6 Å². The van der Waals surface area contributed by atoms with E-state index in [0.29, 0.717) is 28.4 Å². The van der Waals surface area contributed by atoms with Crippen LogP contribution in [0.3, 0.4) is 0 Å². The number of rotatable bonds is 3. The zero-order chi connectivity index (χ0) is 15.8. The number of piperidine rings is 1. The number of nitrogens with one attached hydrogen (secondary N) is 2. The van der Waals surface area contributed by atoms with Crippen LogP contribution < -0.4 is 10.6 Å². The predicted molar refractivity (Wildman–Crippen MR) is 91.8 cm³/mol. The van der Waals surface area contributed by atoms with Gasteiger partial charge in [-0.05, 0) is 54.3 Å². The monoisotopic (exact) mass is 368 g/mol. The SMILES string of the molecule is Cl.O=C(NC1CC2CCC(C1)N2)c1cc(Cl)ccc1-n1cnnn1. The van der Waals surface area contributed by atoms with Crippen LogP contribution in [0.25, 0.3) is 5.69 Å². The van der Waals surface area contributed by atoms with Gasteiger partial charge < -0.3 is 10.6 Å². The number of nitrogens with zero attached hydrogens (tertiary/aromatic N) is 4. The number of benzene rings is 1. The maximum Gasteiger partial charge on any atom is 0.253 e. The molecule has 2 bridgehead atoms. The number of hydrogen-bond acceptors (Lipinski definition) is 5. The van der Waals surface area contributed by atoms with Crippen molar-refractivity contribution in [3.8, 4) is 5.69 Å². The molecule has 0 saturated carbocycles. The first-order valence-electron chi connectivity index (χ1n) is 7.79. The van der Waals surface area contributed by atoms with Crippen LogP contribution in [-0.2, 0) is 0 Å². The molecule has 4 rings (SSSR count). The Morgan fingerprint density at radius 2 is 2.04 bits per heavy atom. The van der Waals surface area contributed by atoms with Gasteiger partial charge in [-0.3, -0.25) is 4.79 Å². The molecule has 128 valence electrons. The average molecular weight is 369 g/mol. The van der Waals surface area contributed by atoms with E-state index in [9.17, 15) is 4.79 Å². The van der Waals surface area contributed by atoms with Crippen LogP contribution in [0.15, 0.2) is 24.5 Å². The van der Waals surface area contributed by atoms with E-state index in [0.717, 1.165) is 12.8 Å². The van der Waals surface area contributed by atoms with Gasteiger partial charge in [0.25, 0.3) is 5.91 Å². The fourth-order valence-electron chi connectivity index (χ4n) is 3.60. The molecule has 1 aromatic heterocycles. The van der Waals surface area contributed by atoms with Gasteiger partial charge in [0.05, 0.1) is 11.3 Å². The lowest BCUT2D eigenvalue weighted by Gasteiger charge is -2.29. The van der Waals surface area contributed by atoms with Gasteiger partial charge in [0.15, 0.2) is 0 Å². The Hall–Kier alpha value is -1.70. The van der Waals surface area contributed by atoms with Crippen LogP contribution in [0.4, 0.5) is 0 Å². The highest BCUT2D eigenvalue weighted by Gasteiger charge is 2.34. The lowest BCUT2D eigenvalue weighted by atomic mass is 9.99. The number of tetrazole rings is 1. The van der Waals surface area contributed by atoms with Crippen molar-refractivity contribution in [3.05, 3.63) is 35.1 Å².